The van der Waals surface area contributed by atoms with E-state index in [2.05, 4.69) is 29.1 Å². The molecule has 0 fully saturated rings. The van der Waals surface area contributed by atoms with Gasteiger partial charge in [-0.3, -0.25) is 0 Å². The van der Waals surface area contributed by atoms with Gasteiger partial charge < -0.3 is 5.32 Å². The summed E-state index contributed by atoms with van der Waals surface area (Å²) in [5.41, 5.74) is 2.42. The van der Waals surface area contributed by atoms with Crippen LogP contribution in [0, 0.1) is 5.82 Å². The van der Waals surface area contributed by atoms with Gasteiger partial charge in [-0.15, -0.1) is 11.8 Å². The molecule has 1 aromatic heterocycles. The molecule has 19 heavy (non-hydrogen) atoms. The second-order valence-corrected chi connectivity index (χ2v) is 6.73. The number of nitrogens with one attached hydrogen (secondary N) is 1. The molecule has 1 aliphatic rings. The van der Waals surface area contributed by atoms with Gasteiger partial charge >= 0.3 is 0 Å². The largest absolute Gasteiger partial charge is 0.303 e. The molecule has 0 amide bonds. The second kappa shape index (κ2) is 5.65. The highest BCUT2D eigenvalue weighted by molar-refractivity contribution is 7.99. The number of benzene rings is 1. The molecule has 2 aromatic rings. The third kappa shape index (κ3) is 2.86. The van der Waals surface area contributed by atoms with Crippen molar-refractivity contribution >= 4 is 23.1 Å². The first-order valence-corrected chi connectivity index (χ1v) is 8.37. The molecule has 2 atom stereocenters. The zero-order valence-electron chi connectivity index (χ0n) is 10.7. The summed E-state index contributed by atoms with van der Waals surface area (Å²) in [6, 6.07) is 7.83. The zero-order chi connectivity index (χ0) is 13.2. The summed E-state index contributed by atoms with van der Waals surface area (Å²) in [6.45, 7) is 2.17. The monoisotopic (exact) mass is 293 g/mol. The zero-order valence-corrected chi connectivity index (χ0v) is 12.4. The molecule has 0 saturated heterocycles. The standard InChI is InChI=1S/C15H16FNS2/c1-10(11-4-6-18-9-11)17-14-5-7-19-15-3-2-12(16)8-13(14)15/h2-4,6,8-10,14,17H,5,7H2,1H3. The van der Waals surface area contributed by atoms with E-state index in [-0.39, 0.29) is 11.9 Å². The molecule has 0 radical (unpaired) electrons. The quantitative estimate of drug-likeness (QED) is 0.874. The number of fused-ring (bicyclic) bond motifs is 1. The Kier molecular flexibility index (Phi) is 3.91. The fraction of sp³-hybridized carbons (Fsp3) is 0.333. The Labute approximate surface area is 121 Å². The third-order valence-corrected chi connectivity index (χ3v) is 5.33. The Morgan fingerprint density at radius 3 is 3.05 bits per heavy atom. The van der Waals surface area contributed by atoms with Gasteiger partial charge in [0.1, 0.15) is 5.82 Å². The molecule has 0 spiro atoms. The highest BCUT2D eigenvalue weighted by Gasteiger charge is 2.23. The Hall–Kier alpha value is -0.840. The maximum absolute atomic E-state index is 13.4. The van der Waals surface area contributed by atoms with Crippen molar-refractivity contribution in [3.05, 3.63) is 52.0 Å². The van der Waals surface area contributed by atoms with Crippen LogP contribution in [0.15, 0.2) is 39.9 Å². The lowest BCUT2D eigenvalue weighted by atomic mass is 10.0. The average molecular weight is 293 g/mol. The number of halogens is 1. The average Bonchev–Trinajstić information content (AvgIpc) is 2.93. The summed E-state index contributed by atoms with van der Waals surface area (Å²) in [7, 11) is 0. The summed E-state index contributed by atoms with van der Waals surface area (Å²) < 4.78 is 13.4. The van der Waals surface area contributed by atoms with Crippen molar-refractivity contribution in [2.45, 2.75) is 30.3 Å². The van der Waals surface area contributed by atoms with E-state index in [1.54, 1.807) is 23.5 Å². The van der Waals surface area contributed by atoms with Gasteiger partial charge in [-0.1, -0.05) is 0 Å². The van der Waals surface area contributed by atoms with Crippen LogP contribution in [0.4, 0.5) is 4.39 Å². The van der Waals surface area contributed by atoms with Crippen molar-refractivity contribution in [1.82, 2.24) is 5.32 Å². The van der Waals surface area contributed by atoms with Gasteiger partial charge in [0.15, 0.2) is 0 Å². The topological polar surface area (TPSA) is 12.0 Å². The molecule has 1 aliphatic heterocycles. The van der Waals surface area contributed by atoms with E-state index in [1.165, 1.54) is 10.5 Å². The fourth-order valence-electron chi connectivity index (χ4n) is 2.46. The Morgan fingerprint density at radius 2 is 2.26 bits per heavy atom. The first-order chi connectivity index (χ1) is 9.24. The van der Waals surface area contributed by atoms with E-state index in [4.69, 9.17) is 0 Å². The Balaban J connectivity index is 1.81. The summed E-state index contributed by atoms with van der Waals surface area (Å²) in [5.74, 6) is 0.948. The summed E-state index contributed by atoms with van der Waals surface area (Å²) in [5, 5.41) is 7.89. The van der Waals surface area contributed by atoms with Crippen LogP contribution >= 0.6 is 23.1 Å². The molecule has 1 N–H and O–H groups in total. The van der Waals surface area contributed by atoms with Crippen LogP contribution in [0.3, 0.4) is 0 Å². The fourth-order valence-corrected chi connectivity index (χ4v) is 4.32. The molecule has 3 rings (SSSR count). The summed E-state index contributed by atoms with van der Waals surface area (Å²) in [4.78, 5) is 1.21. The lowest BCUT2D eigenvalue weighted by molar-refractivity contribution is 0.448. The van der Waals surface area contributed by atoms with Crippen molar-refractivity contribution in [2.75, 3.05) is 5.75 Å². The van der Waals surface area contributed by atoms with E-state index in [0.29, 0.717) is 6.04 Å². The summed E-state index contributed by atoms with van der Waals surface area (Å²) >= 11 is 3.53. The third-order valence-electron chi connectivity index (χ3n) is 3.51. The minimum atomic E-state index is -0.142. The van der Waals surface area contributed by atoms with Crippen LogP contribution in [0.25, 0.3) is 0 Å². The van der Waals surface area contributed by atoms with Crippen LogP contribution in [-0.2, 0) is 0 Å². The van der Waals surface area contributed by atoms with Crippen LogP contribution in [0.5, 0.6) is 0 Å². The van der Waals surface area contributed by atoms with Gasteiger partial charge in [-0.2, -0.15) is 11.3 Å². The molecule has 1 aromatic carbocycles. The number of hydrogen-bond donors (Lipinski definition) is 1. The van der Waals surface area contributed by atoms with E-state index >= 15 is 0 Å². The van der Waals surface area contributed by atoms with Crippen molar-refractivity contribution < 1.29 is 4.39 Å². The summed E-state index contributed by atoms with van der Waals surface area (Å²) in [6.07, 6.45) is 1.05. The highest BCUT2D eigenvalue weighted by Crippen LogP contribution is 2.37. The molecular formula is C15H16FNS2. The number of hydrogen-bond acceptors (Lipinski definition) is 3. The molecule has 100 valence electrons. The van der Waals surface area contributed by atoms with Crippen LogP contribution in [0.2, 0.25) is 0 Å². The molecular weight excluding hydrogens is 277 g/mol. The molecule has 4 heteroatoms. The van der Waals surface area contributed by atoms with E-state index < -0.39 is 0 Å². The van der Waals surface area contributed by atoms with Crippen LogP contribution in [0.1, 0.15) is 36.6 Å². The Morgan fingerprint density at radius 1 is 1.37 bits per heavy atom. The van der Waals surface area contributed by atoms with Gasteiger partial charge in [0.2, 0.25) is 0 Å². The minimum absolute atomic E-state index is 0.142. The van der Waals surface area contributed by atoms with E-state index in [0.717, 1.165) is 17.7 Å². The van der Waals surface area contributed by atoms with Gasteiger partial charge in [0.05, 0.1) is 0 Å². The van der Waals surface area contributed by atoms with Crippen molar-refractivity contribution in [2.24, 2.45) is 0 Å². The number of thioether (sulfide) groups is 1. The van der Waals surface area contributed by atoms with Crippen molar-refractivity contribution in [1.29, 1.82) is 0 Å². The van der Waals surface area contributed by atoms with Crippen molar-refractivity contribution in [3.63, 3.8) is 0 Å². The smallest absolute Gasteiger partial charge is 0.123 e. The van der Waals surface area contributed by atoms with Gasteiger partial charge in [-0.05, 0) is 65.2 Å². The Bertz CT molecular complexity index is 553. The normalized spacial score (nSPS) is 20.0. The van der Waals surface area contributed by atoms with Gasteiger partial charge in [0, 0.05) is 17.0 Å². The first kappa shape index (κ1) is 13.2. The molecule has 1 nitrogen and oxygen atoms in total. The van der Waals surface area contributed by atoms with Gasteiger partial charge in [0.25, 0.3) is 0 Å². The highest BCUT2D eigenvalue weighted by atomic mass is 32.2. The van der Waals surface area contributed by atoms with Crippen molar-refractivity contribution in [3.8, 4) is 0 Å². The molecule has 0 saturated carbocycles. The molecule has 0 bridgehead atoms. The maximum atomic E-state index is 13.4. The predicted molar refractivity (Wildman–Crippen MR) is 80.4 cm³/mol. The second-order valence-electron chi connectivity index (χ2n) is 4.82. The number of rotatable bonds is 3. The molecule has 0 aliphatic carbocycles. The van der Waals surface area contributed by atoms with E-state index in [9.17, 15) is 4.39 Å². The van der Waals surface area contributed by atoms with Gasteiger partial charge in [-0.25, -0.2) is 4.39 Å². The minimum Gasteiger partial charge on any atom is -0.303 e. The van der Waals surface area contributed by atoms with Crippen LogP contribution in [-0.4, -0.2) is 5.75 Å². The SMILES string of the molecule is CC(NC1CCSc2ccc(F)cc21)c1ccsc1. The first-order valence-electron chi connectivity index (χ1n) is 6.44. The maximum Gasteiger partial charge on any atom is 0.123 e. The molecule has 2 unspecified atom stereocenters. The number of thiophene rings is 1. The van der Waals surface area contributed by atoms with Crippen LogP contribution < -0.4 is 5.32 Å². The lowest BCUT2D eigenvalue weighted by Crippen LogP contribution is -2.27. The molecule has 2 heterocycles. The lowest BCUT2D eigenvalue weighted by Gasteiger charge is -2.28. The van der Waals surface area contributed by atoms with E-state index in [1.807, 2.05) is 17.8 Å². The predicted octanol–water partition coefficient (Wildman–Crippen LogP) is 4.77.